The summed E-state index contributed by atoms with van der Waals surface area (Å²) in [6, 6.07) is 3.39. The van der Waals surface area contributed by atoms with Gasteiger partial charge in [-0.3, -0.25) is 9.59 Å². The summed E-state index contributed by atoms with van der Waals surface area (Å²) < 4.78 is 50.1. The SMILES string of the molecule is CN1C(=O)Cc2cc(C(=O)C(F)(F)C(F)F)ccc21. The molecule has 0 aromatic heterocycles. The number of halogens is 4. The number of carbonyl (C=O) groups excluding carboxylic acids is 2. The molecule has 2 rings (SSSR count). The number of rotatable bonds is 3. The molecule has 1 aliphatic heterocycles. The molecular weight excluding hydrogens is 266 g/mol. The van der Waals surface area contributed by atoms with E-state index in [1.54, 1.807) is 0 Å². The highest BCUT2D eigenvalue weighted by molar-refractivity contribution is 6.05. The number of amides is 1. The highest BCUT2D eigenvalue weighted by atomic mass is 19.3. The van der Waals surface area contributed by atoms with Crippen LogP contribution in [-0.2, 0) is 11.2 Å². The third kappa shape index (κ3) is 2.09. The summed E-state index contributed by atoms with van der Waals surface area (Å²) in [5, 5.41) is 0. The minimum Gasteiger partial charge on any atom is -0.315 e. The van der Waals surface area contributed by atoms with E-state index in [9.17, 15) is 27.2 Å². The van der Waals surface area contributed by atoms with Crippen LogP contribution in [0.15, 0.2) is 18.2 Å². The molecule has 0 saturated heterocycles. The lowest BCUT2D eigenvalue weighted by atomic mass is 10.0. The summed E-state index contributed by atoms with van der Waals surface area (Å²) >= 11 is 0. The fraction of sp³-hybridized carbons (Fsp3) is 0.333. The van der Waals surface area contributed by atoms with Gasteiger partial charge in [0, 0.05) is 18.3 Å². The van der Waals surface area contributed by atoms with E-state index in [-0.39, 0.29) is 12.3 Å². The lowest BCUT2D eigenvalue weighted by Crippen LogP contribution is -2.36. The molecule has 1 aromatic carbocycles. The van der Waals surface area contributed by atoms with E-state index in [0.29, 0.717) is 11.3 Å². The predicted octanol–water partition coefficient (Wildman–Crippen LogP) is 2.29. The number of benzene rings is 1. The van der Waals surface area contributed by atoms with Crippen molar-refractivity contribution in [1.29, 1.82) is 0 Å². The highest BCUT2D eigenvalue weighted by Gasteiger charge is 2.49. The maximum absolute atomic E-state index is 13.0. The van der Waals surface area contributed by atoms with E-state index in [1.165, 1.54) is 18.0 Å². The van der Waals surface area contributed by atoms with Crippen LogP contribution >= 0.6 is 0 Å². The maximum atomic E-state index is 13.0. The normalized spacial score (nSPS) is 15.1. The Bertz CT molecular complexity index is 557. The zero-order valence-corrected chi connectivity index (χ0v) is 9.79. The summed E-state index contributed by atoms with van der Waals surface area (Å²) in [5.74, 6) is -6.91. The predicted molar refractivity (Wildman–Crippen MR) is 58.8 cm³/mol. The molecule has 1 heterocycles. The molecule has 0 fully saturated rings. The van der Waals surface area contributed by atoms with Gasteiger partial charge < -0.3 is 4.90 Å². The first-order valence-electron chi connectivity index (χ1n) is 5.35. The van der Waals surface area contributed by atoms with E-state index >= 15 is 0 Å². The Kier molecular flexibility index (Phi) is 3.07. The van der Waals surface area contributed by atoms with E-state index in [2.05, 4.69) is 0 Å². The highest BCUT2D eigenvalue weighted by Crippen LogP contribution is 2.32. The van der Waals surface area contributed by atoms with E-state index in [1.807, 2.05) is 0 Å². The van der Waals surface area contributed by atoms with Gasteiger partial charge in [-0.25, -0.2) is 8.78 Å². The fourth-order valence-electron chi connectivity index (χ4n) is 1.90. The molecule has 1 amide bonds. The molecule has 1 aliphatic rings. The molecule has 0 N–H and O–H groups in total. The Labute approximate surface area is 105 Å². The number of alkyl halides is 4. The molecule has 1 aromatic rings. The number of Topliss-reactive ketones (excluding diaryl/α,β-unsaturated/α-hetero) is 1. The van der Waals surface area contributed by atoms with E-state index in [0.717, 1.165) is 12.1 Å². The Balaban J connectivity index is 2.37. The zero-order chi connectivity index (χ0) is 14.4. The Morgan fingerprint density at radius 2 is 2.00 bits per heavy atom. The second kappa shape index (κ2) is 4.32. The van der Waals surface area contributed by atoms with Gasteiger partial charge in [-0.05, 0) is 23.8 Å². The summed E-state index contributed by atoms with van der Waals surface area (Å²) in [5.41, 5.74) is 0.345. The molecule has 0 radical (unpaired) electrons. The number of hydrogen-bond donors (Lipinski definition) is 0. The summed E-state index contributed by atoms with van der Waals surface area (Å²) in [6.07, 6.45) is -4.09. The Hall–Kier alpha value is -1.92. The smallest absolute Gasteiger partial charge is 0.315 e. The largest absolute Gasteiger partial charge is 0.368 e. The lowest BCUT2D eigenvalue weighted by molar-refractivity contribution is -0.117. The van der Waals surface area contributed by atoms with Gasteiger partial charge in [-0.15, -0.1) is 0 Å². The van der Waals surface area contributed by atoms with Crippen LogP contribution in [0.5, 0.6) is 0 Å². The third-order valence-electron chi connectivity index (χ3n) is 3.00. The molecular formula is C12H9F4NO2. The molecule has 0 atom stereocenters. The van der Waals surface area contributed by atoms with Crippen LogP contribution in [0.1, 0.15) is 15.9 Å². The average molecular weight is 275 g/mol. The van der Waals surface area contributed by atoms with Gasteiger partial charge in [0.2, 0.25) is 11.7 Å². The minimum atomic E-state index is -4.72. The Morgan fingerprint density at radius 3 is 2.58 bits per heavy atom. The van der Waals surface area contributed by atoms with Crippen molar-refractivity contribution in [2.75, 3.05) is 11.9 Å². The minimum absolute atomic E-state index is 0.0345. The first-order chi connectivity index (χ1) is 8.75. The van der Waals surface area contributed by atoms with E-state index < -0.39 is 23.7 Å². The maximum Gasteiger partial charge on any atom is 0.368 e. The number of hydrogen-bond acceptors (Lipinski definition) is 2. The first kappa shape index (κ1) is 13.5. The molecule has 19 heavy (non-hydrogen) atoms. The number of ketones is 1. The van der Waals surface area contributed by atoms with Crippen LogP contribution in [-0.4, -0.2) is 31.1 Å². The molecule has 0 saturated carbocycles. The van der Waals surface area contributed by atoms with Crippen molar-refractivity contribution in [3.05, 3.63) is 29.3 Å². The van der Waals surface area contributed by atoms with Crippen LogP contribution in [0.3, 0.4) is 0 Å². The van der Waals surface area contributed by atoms with Crippen molar-refractivity contribution in [1.82, 2.24) is 0 Å². The second-order valence-electron chi connectivity index (χ2n) is 4.23. The summed E-state index contributed by atoms with van der Waals surface area (Å²) in [7, 11) is 1.50. The second-order valence-corrected chi connectivity index (χ2v) is 4.23. The lowest BCUT2D eigenvalue weighted by Gasteiger charge is -2.15. The van der Waals surface area contributed by atoms with Gasteiger partial charge in [0.05, 0.1) is 6.42 Å². The summed E-state index contributed by atoms with van der Waals surface area (Å²) in [4.78, 5) is 24.0. The first-order valence-corrected chi connectivity index (χ1v) is 5.35. The van der Waals surface area contributed by atoms with Crippen LogP contribution in [0.25, 0.3) is 0 Å². The fourth-order valence-corrected chi connectivity index (χ4v) is 1.90. The number of carbonyl (C=O) groups is 2. The number of nitrogens with zero attached hydrogens (tertiary/aromatic N) is 1. The number of likely N-dealkylation sites (N-methyl/N-ethyl adjacent to an activating group) is 1. The topological polar surface area (TPSA) is 37.4 Å². The zero-order valence-electron chi connectivity index (χ0n) is 9.79. The molecule has 0 bridgehead atoms. The van der Waals surface area contributed by atoms with Gasteiger partial charge in [-0.2, -0.15) is 8.78 Å². The van der Waals surface area contributed by atoms with Gasteiger partial charge in [-0.1, -0.05) is 0 Å². The van der Waals surface area contributed by atoms with Crippen molar-refractivity contribution in [3.8, 4) is 0 Å². The third-order valence-corrected chi connectivity index (χ3v) is 3.00. The van der Waals surface area contributed by atoms with Crippen LogP contribution < -0.4 is 4.90 Å². The molecule has 3 nitrogen and oxygen atoms in total. The molecule has 102 valence electrons. The monoisotopic (exact) mass is 275 g/mol. The van der Waals surface area contributed by atoms with Crippen molar-refractivity contribution < 1.29 is 27.2 Å². The van der Waals surface area contributed by atoms with Crippen molar-refractivity contribution in [2.24, 2.45) is 0 Å². The Morgan fingerprint density at radius 1 is 1.37 bits per heavy atom. The molecule has 0 unspecified atom stereocenters. The average Bonchev–Trinajstić information content (AvgIpc) is 2.63. The van der Waals surface area contributed by atoms with Crippen LogP contribution in [0.4, 0.5) is 23.2 Å². The quantitative estimate of drug-likeness (QED) is 0.627. The van der Waals surface area contributed by atoms with E-state index in [4.69, 9.17) is 0 Å². The van der Waals surface area contributed by atoms with Gasteiger partial charge in [0.25, 0.3) is 0 Å². The molecule has 0 spiro atoms. The van der Waals surface area contributed by atoms with Gasteiger partial charge >= 0.3 is 12.3 Å². The van der Waals surface area contributed by atoms with Gasteiger partial charge in [0.15, 0.2) is 0 Å². The van der Waals surface area contributed by atoms with Crippen molar-refractivity contribution >= 4 is 17.4 Å². The van der Waals surface area contributed by atoms with Gasteiger partial charge in [0.1, 0.15) is 0 Å². The molecule has 0 aliphatic carbocycles. The molecule has 7 heteroatoms. The standard InChI is InChI=1S/C12H9F4NO2/c1-17-8-3-2-6(4-7(8)5-9(17)18)10(19)12(15,16)11(13)14/h2-4,11H,5H2,1H3. The number of anilines is 1. The van der Waals surface area contributed by atoms with Crippen molar-refractivity contribution in [2.45, 2.75) is 18.8 Å². The number of fused-ring (bicyclic) bond motifs is 1. The van der Waals surface area contributed by atoms with Crippen LogP contribution in [0, 0.1) is 0 Å². The van der Waals surface area contributed by atoms with Crippen molar-refractivity contribution in [3.63, 3.8) is 0 Å². The van der Waals surface area contributed by atoms with Crippen LogP contribution in [0.2, 0.25) is 0 Å². The summed E-state index contributed by atoms with van der Waals surface area (Å²) in [6.45, 7) is 0.